The Kier molecular flexibility index (Phi) is 12.0. The van der Waals surface area contributed by atoms with Gasteiger partial charge in [0.2, 0.25) is 0 Å². The Labute approximate surface area is 409 Å². The molecule has 2 aliphatic carbocycles. The van der Waals surface area contributed by atoms with Crippen LogP contribution in [-0.4, -0.2) is 0 Å². The summed E-state index contributed by atoms with van der Waals surface area (Å²) in [6.07, 6.45) is 8.61. The second-order valence-electron chi connectivity index (χ2n) is 20.0. The van der Waals surface area contributed by atoms with Gasteiger partial charge in [-0.1, -0.05) is 240 Å². The third-order valence-electron chi connectivity index (χ3n) is 14.6. The number of hydrogen-bond acceptors (Lipinski definition) is 0. The first-order valence-corrected chi connectivity index (χ1v) is 24.4. The molecule has 0 unspecified atom stereocenters. The molecule has 10 aromatic carbocycles. The highest BCUT2D eigenvalue weighted by Crippen LogP contribution is 2.54. The molecule has 0 atom stereocenters. The maximum Gasteiger partial charge on any atom is 0.0165 e. The third kappa shape index (κ3) is 8.58. The normalized spacial score (nSPS) is 14.8. The second-order valence-corrected chi connectivity index (χ2v) is 20.0. The number of hydrogen-bond donors (Lipinski definition) is 0. The van der Waals surface area contributed by atoms with Crippen LogP contribution < -0.4 is 0 Å². The zero-order valence-electron chi connectivity index (χ0n) is 41.1. The summed E-state index contributed by atoms with van der Waals surface area (Å²) in [5.74, 6) is 0. The Morgan fingerprint density at radius 3 is 1.36 bits per heavy atom. The maximum atomic E-state index is 4.42. The van der Waals surface area contributed by atoms with E-state index in [9.17, 15) is 0 Å². The van der Waals surface area contributed by atoms with E-state index < -0.39 is 0 Å². The van der Waals surface area contributed by atoms with Crippen molar-refractivity contribution in [3.63, 3.8) is 0 Å². The lowest BCUT2D eigenvalue weighted by molar-refractivity contribution is 0.666. The Morgan fingerprint density at radius 2 is 0.826 bits per heavy atom. The van der Waals surface area contributed by atoms with Gasteiger partial charge in [-0.05, 0) is 161 Å². The SMILES string of the molecule is C=C1/C=C\C=C/C(C)(C)c2ccc(-c3cccc(-c4cccc(-c5ccc6c(c5)-c5ccc7c8ccccc8c8ccccc8c7c5C6(C)C)c4)c3)cc21.Cc1ccccc1.Cc1ccccc1C. The molecule has 0 nitrogen and oxygen atoms in total. The third-order valence-corrected chi connectivity index (χ3v) is 14.6. The first-order chi connectivity index (χ1) is 33.4. The van der Waals surface area contributed by atoms with E-state index in [-0.39, 0.29) is 10.8 Å². The second kappa shape index (κ2) is 18.4. The van der Waals surface area contributed by atoms with E-state index in [1.54, 1.807) is 0 Å². The maximum absolute atomic E-state index is 4.42. The average molecular weight is 889 g/mol. The van der Waals surface area contributed by atoms with Gasteiger partial charge in [0.15, 0.2) is 0 Å². The van der Waals surface area contributed by atoms with Crippen molar-refractivity contribution in [1.29, 1.82) is 0 Å². The minimum atomic E-state index is -0.139. The number of benzene rings is 10. The molecule has 0 saturated carbocycles. The quantitative estimate of drug-likeness (QED) is 0.155. The van der Waals surface area contributed by atoms with Crippen LogP contribution in [0.3, 0.4) is 0 Å². The molecule has 0 bridgehead atoms. The van der Waals surface area contributed by atoms with E-state index in [0.29, 0.717) is 0 Å². The summed E-state index contributed by atoms with van der Waals surface area (Å²) >= 11 is 0. The van der Waals surface area contributed by atoms with E-state index in [2.05, 4.69) is 261 Å². The van der Waals surface area contributed by atoms with Gasteiger partial charge in [-0.3, -0.25) is 0 Å². The van der Waals surface area contributed by atoms with Crippen LogP contribution in [0.2, 0.25) is 0 Å². The molecule has 0 amide bonds. The fourth-order valence-corrected chi connectivity index (χ4v) is 10.6. The van der Waals surface area contributed by atoms with E-state index >= 15 is 0 Å². The van der Waals surface area contributed by atoms with Crippen LogP contribution >= 0.6 is 0 Å². The van der Waals surface area contributed by atoms with Crippen LogP contribution in [0.25, 0.3) is 82.4 Å². The molecule has 0 aliphatic heterocycles. The minimum Gasteiger partial charge on any atom is -0.0911 e. The topological polar surface area (TPSA) is 0 Å². The van der Waals surface area contributed by atoms with Gasteiger partial charge < -0.3 is 0 Å². The highest BCUT2D eigenvalue weighted by molar-refractivity contribution is 6.27. The first-order valence-electron chi connectivity index (χ1n) is 24.4. The van der Waals surface area contributed by atoms with Gasteiger partial charge in [-0.25, -0.2) is 0 Å². The van der Waals surface area contributed by atoms with Gasteiger partial charge in [-0.15, -0.1) is 0 Å². The van der Waals surface area contributed by atoms with E-state index in [1.165, 1.54) is 116 Å². The number of allylic oxidation sites excluding steroid dienone is 5. The van der Waals surface area contributed by atoms with Crippen LogP contribution in [0.1, 0.15) is 66.6 Å². The van der Waals surface area contributed by atoms with Gasteiger partial charge in [0, 0.05) is 10.8 Å². The van der Waals surface area contributed by atoms with Crippen LogP contribution in [0.4, 0.5) is 0 Å². The van der Waals surface area contributed by atoms with Crippen LogP contribution in [0.5, 0.6) is 0 Å². The summed E-state index contributed by atoms with van der Waals surface area (Å²) in [6, 6.07) is 73.2. The lowest BCUT2D eigenvalue weighted by atomic mass is 9.78. The van der Waals surface area contributed by atoms with Crippen LogP contribution in [0, 0.1) is 20.8 Å². The Balaban J connectivity index is 0.000000315. The highest BCUT2D eigenvalue weighted by Gasteiger charge is 2.38. The lowest BCUT2D eigenvalue weighted by Gasteiger charge is -2.26. The van der Waals surface area contributed by atoms with Crippen molar-refractivity contribution in [3.05, 3.63) is 270 Å². The number of fused-ring (bicyclic) bond motifs is 11. The monoisotopic (exact) mass is 888 g/mol. The lowest BCUT2D eigenvalue weighted by Crippen LogP contribution is -2.16. The van der Waals surface area contributed by atoms with Crippen molar-refractivity contribution in [3.8, 4) is 44.5 Å². The summed E-state index contributed by atoms with van der Waals surface area (Å²) < 4.78 is 0. The molecule has 10 aromatic rings. The molecule has 12 rings (SSSR count). The summed E-state index contributed by atoms with van der Waals surface area (Å²) in [5, 5.41) is 8.02. The molecule has 0 heteroatoms. The molecule has 2 aliphatic rings. The molecule has 0 aromatic heterocycles. The molecule has 0 spiro atoms. The predicted octanol–water partition coefficient (Wildman–Crippen LogP) is 19.2. The van der Waals surface area contributed by atoms with Gasteiger partial charge in [0.25, 0.3) is 0 Å². The zero-order chi connectivity index (χ0) is 47.9. The van der Waals surface area contributed by atoms with E-state index in [0.717, 1.165) is 5.57 Å². The summed E-state index contributed by atoms with van der Waals surface area (Å²) in [7, 11) is 0. The van der Waals surface area contributed by atoms with Crippen molar-refractivity contribution in [2.45, 2.75) is 59.3 Å². The predicted molar refractivity (Wildman–Crippen MR) is 300 cm³/mol. The Bertz CT molecular complexity index is 3590. The smallest absolute Gasteiger partial charge is 0.0165 e. The van der Waals surface area contributed by atoms with Crippen molar-refractivity contribution >= 4 is 37.9 Å². The largest absolute Gasteiger partial charge is 0.0911 e. The van der Waals surface area contributed by atoms with Crippen molar-refractivity contribution in [2.24, 2.45) is 0 Å². The molecule has 0 heterocycles. The molecular weight excluding hydrogens is 829 g/mol. The van der Waals surface area contributed by atoms with Crippen molar-refractivity contribution in [2.75, 3.05) is 0 Å². The van der Waals surface area contributed by atoms with Gasteiger partial charge in [0.05, 0.1) is 0 Å². The van der Waals surface area contributed by atoms with E-state index in [1.807, 2.05) is 18.2 Å². The van der Waals surface area contributed by atoms with Gasteiger partial charge in [0.1, 0.15) is 0 Å². The molecule has 336 valence electrons. The fourth-order valence-electron chi connectivity index (χ4n) is 10.6. The molecule has 0 N–H and O–H groups in total. The van der Waals surface area contributed by atoms with Gasteiger partial charge in [-0.2, -0.15) is 0 Å². The van der Waals surface area contributed by atoms with Gasteiger partial charge >= 0.3 is 0 Å². The Hall–Kier alpha value is -7.80. The summed E-state index contributed by atoms with van der Waals surface area (Å²) in [5.41, 5.74) is 20.2. The van der Waals surface area contributed by atoms with Crippen molar-refractivity contribution in [1.82, 2.24) is 0 Å². The number of rotatable bonds is 3. The molecule has 69 heavy (non-hydrogen) atoms. The summed E-state index contributed by atoms with van der Waals surface area (Å²) in [4.78, 5) is 0. The average Bonchev–Trinajstić information content (AvgIpc) is 3.61. The molecule has 0 fully saturated rings. The molecule has 0 saturated heterocycles. The number of aryl methyl sites for hydroxylation is 3. The highest BCUT2D eigenvalue weighted by atomic mass is 14.4. The molecule has 0 radical (unpaired) electrons. The fraction of sp³-hybridized carbons (Fsp3) is 0.130. The summed E-state index contributed by atoms with van der Waals surface area (Å²) in [6.45, 7) is 20.1. The first kappa shape index (κ1) is 45.0. The minimum absolute atomic E-state index is 0.0731. The Morgan fingerprint density at radius 1 is 0.362 bits per heavy atom. The van der Waals surface area contributed by atoms with Crippen LogP contribution in [-0.2, 0) is 10.8 Å². The van der Waals surface area contributed by atoms with Crippen LogP contribution in [0.15, 0.2) is 231 Å². The molecular formula is C69H60. The standard InChI is InChI=1S/C54H42.C8H10.C7H8/c1-34-14-10-11-29-53(2,3)49-27-23-39(32-47(34)49)37-17-12-15-35(30-37)36-16-13-18-38(31-36)40-24-28-50-48(33-40)46-26-25-45-43-21-7-6-19-41(43)42-20-8-9-22-44(42)51(45)52(46)54(50,4)5;1-7-5-3-4-6-8(7)2;1-7-5-3-2-4-6-7/h6-33H,1H2,2-5H3;3-6H,1-2H3;2-6H,1H3/b14-10-,29-11-;;. The van der Waals surface area contributed by atoms with Crippen molar-refractivity contribution < 1.29 is 0 Å². The van der Waals surface area contributed by atoms with E-state index in [4.69, 9.17) is 0 Å². The zero-order valence-corrected chi connectivity index (χ0v) is 41.1.